The highest BCUT2D eigenvalue weighted by atomic mass is 32.1. The van der Waals surface area contributed by atoms with Crippen molar-refractivity contribution in [2.24, 2.45) is 0 Å². The van der Waals surface area contributed by atoms with Gasteiger partial charge in [0.15, 0.2) is 0 Å². The average molecular weight is 303 g/mol. The molecule has 0 aliphatic carbocycles. The number of aryl methyl sites for hydroxylation is 1. The maximum absolute atomic E-state index is 4.79. The number of pyridine rings is 1. The Hall–Kier alpha value is -1.39. The quantitative estimate of drug-likeness (QED) is 0.837. The third-order valence-electron chi connectivity index (χ3n) is 3.76. The molecule has 2 heterocycles. The summed E-state index contributed by atoms with van der Waals surface area (Å²) in [6.45, 7) is 8.41. The van der Waals surface area contributed by atoms with Crippen LogP contribution in [0.4, 0.5) is 5.82 Å². The van der Waals surface area contributed by atoms with Crippen LogP contribution in [0, 0.1) is 0 Å². The van der Waals surface area contributed by atoms with Gasteiger partial charge in [0.1, 0.15) is 5.82 Å². The summed E-state index contributed by atoms with van der Waals surface area (Å²) in [5.74, 6) is 1.06. The number of hydrogen-bond acceptors (Lipinski definition) is 4. The summed E-state index contributed by atoms with van der Waals surface area (Å²) in [6, 6.07) is 9.05. The maximum atomic E-state index is 4.79. The van der Waals surface area contributed by atoms with Crippen molar-refractivity contribution < 1.29 is 0 Å². The number of anilines is 1. The molecule has 0 aromatic carbocycles. The van der Waals surface area contributed by atoms with Gasteiger partial charge in [0.05, 0.1) is 6.04 Å². The van der Waals surface area contributed by atoms with Crippen LogP contribution >= 0.6 is 11.3 Å². The van der Waals surface area contributed by atoms with Gasteiger partial charge in [-0.3, -0.25) is 0 Å². The van der Waals surface area contributed by atoms with Crippen LogP contribution in [0.5, 0.6) is 0 Å². The van der Waals surface area contributed by atoms with Gasteiger partial charge in [-0.25, -0.2) is 4.98 Å². The van der Waals surface area contributed by atoms with E-state index in [2.05, 4.69) is 67.7 Å². The van der Waals surface area contributed by atoms with E-state index in [-0.39, 0.29) is 0 Å². The molecule has 3 nitrogen and oxygen atoms in total. The van der Waals surface area contributed by atoms with Gasteiger partial charge in [-0.1, -0.05) is 19.9 Å². The number of rotatable bonds is 7. The van der Waals surface area contributed by atoms with Crippen molar-refractivity contribution in [3.05, 3.63) is 45.8 Å². The van der Waals surface area contributed by atoms with E-state index >= 15 is 0 Å². The topological polar surface area (TPSA) is 28.2 Å². The first kappa shape index (κ1) is 16.0. The fourth-order valence-corrected chi connectivity index (χ4v) is 3.11. The summed E-state index contributed by atoms with van der Waals surface area (Å²) in [5.41, 5.74) is 2.47. The van der Waals surface area contributed by atoms with Crippen LogP contribution in [0.2, 0.25) is 0 Å². The Balaban J connectivity index is 2.24. The van der Waals surface area contributed by atoms with Crippen LogP contribution in [0.15, 0.2) is 29.6 Å². The largest absolute Gasteiger partial charge is 0.352 e. The molecular weight excluding hydrogens is 278 g/mol. The molecule has 0 fully saturated rings. The van der Waals surface area contributed by atoms with E-state index in [1.165, 1.54) is 10.4 Å². The number of nitrogens with zero attached hydrogens (tertiary/aromatic N) is 2. The zero-order valence-corrected chi connectivity index (χ0v) is 14.2. The van der Waals surface area contributed by atoms with E-state index in [1.54, 1.807) is 11.3 Å². The summed E-state index contributed by atoms with van der Waals surface area (Å²) in [6.07, 6.45) is 0.966. The van der Waals surface area contributed by atoms with E-state index in [0.29, 0.717) is 6.04 Å². The minimum Gasteiger partial charge on any atom is -0.352 e. The van der Waals surface area contributed by atoms with E-state index in [4.69, 9.17) is 4.98 Å². The molecule has 1 atom stereocenters. The summed E-state index contributed by atoms with van der Waals surface area (Å²) in [7, 11) is 2.13. The van der Waals surface area contributed by atoms with E-state index < -0.39 is 0 Å². The SMILES string of the molecule is CCNCc1cc(CC)nc(N(C)C(C)c2cccs2)c1. The highest BCUT2D eigenvalue weighted by Gasteiger charge is 2.15. The van der Waals surface area contributed by atoms with Crippen molar-refractivity contribution in [1.82, 2.24) is 10.3 Å². The minimum absolute atomic E-state index is 0.344. The van der Waals surface area contributed by atoms with Gasteiger partial charge in [0, 0.05) is 24.2 Å². The van der Waals surface area contributed by atoms with Gasteiger partial charge in [0.25, 0.3) is 0 Å². The van der Waals surface area contributed by atoms with Crippen LogP contribution in [-0.2, 0) is 13.0 Å². The molecule has 0 amide bonds. The fourth-order valence-electron chi connectivity index (χ4n) is 2.28. The predicted octanol–water partition coefficient (Wildman–Crippen LogP) is 4.01. The first-order valence-electron chi connectivity index (χ1n) is 7.62. The standard InChI is InChI=1S/C17H25N3S/c1-5-15-10-14(12-18-6-2)11-17(19-15)20(4)13(3)16-8-7-9-21-16/h7-11,13,18H,5-6,12H2,1-4H3. The zero-order valence-electron chi connectivity index (χ0n) is 13.4. The lowest BCUT2D eigenvalue weighted by molar-refractivity contribution is 0.714. The molecule has 0 spiro atoms. The second-order valence-corrected chi connectivity index (χ2v) is 6.24. The molecule has 0 bridgehead atoms. The monoisotopic (exact) mass is 303 g/mol. The van der Waals surface area contributed by atoms with E-state index in [0.717, 1.165) is 31.0 Å². The van der Waals surface area contributed by atoms with Gasteiger partial charge in [-0.2, -0.15) is 0 Å². The third-order valence-corrected chi connectivity index (χ3v) is 4.81. The average Bonchev–Trinajstić information content (AvgIpc) is 3.05. The van der Waals surface area contributed by atoms with Gasteiger partial charge in [-0.05, 0) is 49.0 Å². The summed E-state index contributed by atoms with van der Waals surface area (Å²) < 4.78 is 0. The fraction of sp³-hybridized carbons (Fsp3) is 0.471. The Morgan fingerprint density at radius 3 is 2.76 bits per heavy atom. The van der Waals surface area contributed by atoms with Crippen LogP contribution in [0.1, 0.15) is 42.9 Å². The predicted molar refractivity (Wildman–Crippen MR) is 92.1 cm³/mol. The third kappa shape index (κ3) is 4.05. The van der Waals surface area contributed by atoms with Gasteiger partial charge >= 0.3 is 0 Å². The van der Waals surface area contributed by atoms with Crippen molar-refractivity contribution in [3.63, 3.8) is 0 Å². The summed E-state index contributed by atoms with van der Waals surface area (Å²) in [4.78, 5) is 8.43. The molecule has 0 radical (unpaired) electrons. The Morgan fingerprint density at radius 2 is 2.14 bits per heavy atom. The second kappa shape index (κ2) is 7.57. The van der Waals surface area contributed by atoms with Crippen molar-refractivity contribution in [1.29, 1.82) is 0 Å². The Labute approximate surface area is 132 Å². The highest BCUT2D eigenvalue weighted by Crippen LogP contribution is 2.27. The first-order chi connectivity index (χ1) is 10.2. The Bertz CT molecular complexity index is 551. The smallest absolute Gasteiger partial charge is 0.129 e. The van der Waals surface area contributed by atoms with Crippen molar-refractivity contribution in [3.8, 4) is 0 Å². The van der Waals surface area contributed by atoms with E-state index in [9.17, 15) is 0 Å². The Morgan fingerprint density at radius 1 is 1.33 bits per heavy atom. The molecule has 1 N–H and O–H groups in total. The Kier molecular flexibility index (Phi) is 5.76. The lowest BCUT2D eigenvalue weighted by Gasteiger charge is -2.26. The van der Waals surface area contributed by atoms with Crippen molar-refractivity contribution in [2.45, 2.75) is 39.8 Å². The maximum Gasteiger partial charge on any atom is 0.129 e. The lowest BCUT2D eigenvalue weighted by atomic mass is 10.1. The first-order valence-corrected chi connectivity index (χ1v) is 8.50. The van der Waals surface area contributed by atoms with Crippen LogP contribution in [0.3, 0.4) is 0 Å². The number of hydrogen-bond donors (Lipinski definition) is 1. The zero-order chi connectivity index (χ0) is 15.2. The molecule has 0 saturated carbocycles. The normalized spacial score (nSPS) is 12.4. The molecule has 0 saturated heterocycles. The molecule has 2 aromatic rings. The highest BCUT2D eigenvalue weighted by molar-refractivity contribution is 7.10. The minimum atomic E-state index is 0.344. The van der Waals surface area contributed by atoms with Crippen LogP contribution < -0.4 is 10.2 Å². The molecule has 2 rings (SSSR count). The molecule has 4 heteroatoms. The number of nitrogens with one attached hydrogen (secondary N) is 1. The van der Waals surface area contributed by atoms with Gasteiger partial charge in [-0.15, -0.1) is 11.3 Å². The summed E-state index contributed by atoms with van der Waals surface area (Å²) >= 11 is 1.80. The molecule has 2 aromatic heterocycles. The van der Waals surface area contributed by atoms with Gasteiger partial charge in [0.2, 0.25) is 0 Å². The lowest BCUT2D eigenvalue weighted by Crippen LogP contribution is -2.23. The molecule has 0 aliphatic heterocycles. The van der Waals surface area contributed by atoms with Crippen molar-refractivity contribution >= 4 is 17.2 Å². The molecular formula is C17H25N3S. The second-order valence-electron chi connectivity index (χ2n) is 5.26. The van der Waals surface area contributed by atoms with Crippen molar-refractivity contribution in [2.75, 3.05) is 18.5 Å². The van der Waals surface area contributed by atoms with Gasteiger partial charge < -0.3 is 10.2 Å². The molecule has 21 heavy (non-hydrogen) atoms. The molecule has 1 unspecified atom stereocenters. The van der Waals surface area contributed by atoms with Crippen LogP contribution in [0.25, 0.3) is 0 Å². The van der Waals surface area contributed by atoms with E-state index in [1.807, 2.05) is 0 Å². The molecule has 114 valence electrons. The molecule has 0 aliphatic rings. The number of thiophene rings is 1. The van der Waals surface area contributed by atoms with Crippen LogP contribution in [-0.4, -0.2) is 18.6 Å². The number of aromatic nitrogens is 1. The summed E-state index contributed by atoms with van der Waals surface area (Å²) in [5, 5.41) is 5.53.